The molecule has 1 aromatic rings. The maximum atomic E-state index is 5.69. The van der Waals surface area contributed by atoms with E-state index in [4.69, 9.17) is 4.74 Å². The van der Waals surface area contributed by atoms with E-state index >= 15 is 0 Å². The number of hydrogen-bond donors (Lipinski definition) is 0. The highest BCUT2D eigenvalue weighted by Gasteiger charge is 2.28. The van der Waals surface area contributed by atoms with Crippen LogP contribution in [0.25, 0.3) is 0 Å². The molecule has 2 aliphatic rings. The van der Waals surface area contributed by atoms with E-state index in [1.165, 1.54) is 32.1 Å². The first kappa shape index (κ1) is 10.5. The molecule has 6 heteroatoms. The standard InChI is InChI=1S/C10H16N4OS/c1-2-6-15-9(3-1)7-16-10-11-12-13-14(10)8-4-5-8/h8-9H,1-7H2/t9-/m0/s1. The lowest BCUT2D eigenvalue weighted by Crippen LogP contribution is -2.21. The van der Waals surface area contributed by atoms with Crippen LogP contribution in [0.5, 0.6) is 0 Å². The Labute approximate surface area is 98.9 Å². The van der Waals surface area contributed by atoms with E-state index in [9.17, 15) is 0 Å². The molecule has 1 saturated heterocycles. The Morgan fingerprint density at radius 3 is 3.00 bits per heavy atom. The van der Waals surface area contributed by atoms with E-state index in [2.05, 4.69) is 15.5 Å². The highest BCUT2D eigenvalue weighted by molar-refractivity contribution is 7.99. The minimum absolute atomic E-state index is 0.392. The summed E-state index contributed by atoms with van der Waals surface area (Å²) in [4.78, 5) is 0. The molecule has 2 heterocycles. The molecule has 0 radical (unpaired) electrons. The lowest BCUT2D eigenvalue weighted by molar-refractivity contribution is 0.0315. The largest absolute Gasteiger partial charge is 0.377 e. The highest BCUT2D eigenvalue weighted by Crippen LogP contribution is 2.36. The van der Waals surface area contributed by atoms with E-state index in [0.717, 1.165) is 17.5 Å². The lowest BCUT2D eigenvalue weighted by Gasteiger charge is -2.21. The minimum atomic E-state index is 0.392. The maximum Gasteiger partial charge on any atom is 0.209 e. The second kappa shape index (κ2) is 4.71. The first-order valence-corrected chi connectivity index (χ1v) is 6.94. The summed E-state index contributed by atoms with van der Waals surface area (Å²) < 4.78 is 7.66. The number of tetrazole rings is 1. The topological polar surface area (TPSA) is 52.8 Å². The van der Waals surface area contributed by atoms with E-state index in [-0.39, 0.29) is 0 Å². The third-order valence-corrected chi connectivity index (χ3v) is 4.09. The number of rotatable bonds is 4. The Morgan fingerprint density at radius 2 is 2.25 bits per heavy atom. The predicted molar refractivity (Wildman–Crippen MR) is 60.4 cm³/mol. The Morgan fingerprint density at radius 1 is 1.31 bits per heavy atom. The summed E-state index contributed by atoms with van der Waals surface area (Å²) in [5.74, 6) is 0.979. The monoisotopic (exact) mass is 240 g/mol. The average molecular weight is 240 g/mol. The van der Waals surface area contributed by atoms with Crippen LogP contribution >= 0.6 is 11.8 Å². The van der Waals surface area contributed by atoms with Crippen LogP contribution in [-0.4, -0.2) is 38.7 Å². The maximum absolute atomic E-state index is 5.69. The first-order chi connectivity index (χ1) is 7.93. The Kier molecular flexibility index (Phi) is 3.10. The number of ether oxygens (including phenoxy) is 1. The van der Waals surface area contributed by atoms with Gasteiger partial charge in [0, 0.05) is 12.4 Å². The van der Waals surface area contributed by atoms with Gasteiger partial charge in [-0.1, -0.05) is 11.8 Å². The van der Waals surface area contributed by atoms with Crippen molar-refractivity contribution in [1.29, 1.82) is 0 Å². The van der Waals surface area contributed by atoms with Crippen molar-refractivity contribution in [1.82, 2.24) is 20.2 Å². The molecular formula is C10H16N4OS. The zero-order chi connectivity index (χ0) is 10.8. The molecule has 0 N–H and O–H groups in total. The van der Waals surface area contributed by atoms with Crippen molar-refractivity contribution in [3.63, 3.8) is 0 Å². The predicted octanol–water partition coefficient (Wildman–Crippen LogP) is 1.67. The van der Waals surface area contributed by atoms with Gasteiger partial charge in [-0.25, -0.2) is 4.68 Å². The second-order valence-electron chi connectivity index (χ2n) is 4.44. The molecule has 1 aliphatic heterocycles. The van der Waals surface area contributed by atoms with E-state index in [1.54, 1.807) is 11.8 Å². The summed E-state index contributed by atoms with van der Waals surface area (Å²) in [5.41, 5.74) is 0. The van der Waals surface area contributed by atoms with Gasteiger partial charge in [0.15, 0.2) is 0 Å². The van der Waals surface area contributed by atoms with Crippen molar-refractivity contribution < 1.29 is 4.74 Å². The highest BCUT2D eigenvalue weighted by atomic mass is 32.2. The zero-order valence-electron chi connectivity index (χ0n) is 9.21. The molecule has 88 valence electrons. The van der Waals surface area contributed by atoms with Crippen LogP contribution in [0.2, 0.25) is 0 Å². The van der Waals surface area contributed by atoms with Gasteiger partial charge >= 0.3 is 0 Å². The van der Waals surface area contributed by atoms with Crippen LogP contribution in [0.4, 0.5) is 0 Å². The number of nitrogens with zero attached hydrogens (tertiary/aromatic N) is 4. The van der Waals surface area contributed by atoms with Gasteiger partial charge in [0.25, 0.3) is 0 Å². The molecule has 5 nitrogen and oxygen atoms in total. The van der Waals surface area contributed by atoms with Crippen LogP contribution in [0, 0.1) is 0 Å². The third-order valence-electron chi connectivity index (χ3n) is 3.03. The first-order valence-electron chi connectivity index (χ1n) is 5.96. The normalized spacial score (nSPS) is 25.9. The van der Waals surface area contributed by atoms with Crippen molar-refractivity contribution >= 4 is 11.8 Å². The minimum Gasteiger partial charge on any atom is -0.377 e. The molecule has 1 saturated carbocycles. The lowest BCUT2D eigenvalue weighted by atomic mass is 10.1. The summed E-state index contributed by atoms with van der Waals surface area (Å²) in [6.07, 6.45) is 6.51. The van der Waals surface area contributed by atoms with Gasteiger partial charge in [0.1, 0.15) is 0 Å². The molecule has 0 aromatic carbocycles. The average Bonchev–Trinajstić information content (AvgIpc) is 3.07. The SMILES string of the molecule is C1CC[C@@H](CSc2nnnn2C2CC2)OC1. The Hall–Kier alpha value is -0.620. The summed E-state index contributed by atoms with van der Waals surface area (Å²) in [5, 5.41) is 12.8. The van der Waals surface area contributed by atoms with Crippen LogP contribution in [0.1, 0.15) is 38.1 Å². The Balaban J connectivity index is 1.54. The third kappa shape index (κ3) is 2.38. The van der Waals surface area contributed by atoms with E-state index in [0.29, 0.717) is 12.1 Å². The van der Waals surface area contributed by atoms with Crippen molar-refractivity contribution in [3.8, 4) is 0 Å². The van der Waals surface area contributed by atoms with E-state index in [1.807, 2.05) is 4.68 Å². The van der Waals surface area contributed by atoms with Crippen LogP contribution in [0.15, 0.2) is 5.16 Å². The van der Waals surface area contributed by atoms with Gasteiger partial charge in [-0.3, -0.25) is 0 Å². The van der Waals surface area contributed by atoms with Crippen LogP contribution in [-0.2, 0) is 4.74 Å². The fourth-order valence-corrected chi connectivity index (χ4v) is 2.95. The Bertz CT molecular complexity index is 346. The number of hydrogen-bond acceptors (Lipinski definition) is 5. The molecule has 1 aromatic heterocycles. The van der Waals surface area contributed by atoms with Crippen LogP contribution in [0.3, 0.4) is 0 Å². The van der Waals surface area contributed by atoms with Gasteiger partial charge in [-0.2, -0.15) is 0 Å². The van der Waals surface area contributed by atoms with Gasteiger partial charge in [0.05, 0.1) is 12.1 Å². The summed E-state index contributed by atoms with van der Waals surface area (Å²) in [7, 11) is 0. The van der Waals surface area contributed by atoms with Crippen LogP contribution < -0.4 is 0 Å². The molecular weight excluding hydrogens is 224 g/mol. The molecule has 0 spiro atoms. The van der Waals surface area contributed by atoms with Crippen molar-refractivity contribution in [2.75, 3.05) is 12.4 Å². The molecule has 3 rings (SSSR count). The van der Waals surface area contributed by atoms with Gasteiger partial charge in [-0.05, 0) is 42.5 Å². The molecule has 0 unspecified atom stereocenters. The summed E-state index contributed by atoms with van der Waals surface area (Å²) in [6, 6.07) is 0.560. The van der Waals surface area contributed by atoms with Crippen molar-refractivity contribution in [2.24, 2.45) is 0 Å². The fourth-order valence-electron chi connectivity index (χ4n) is 1.94. The fraction of sp³-hybridized carbons (Fsp3) is 0.900. The number of aromatic nitrogens is 4. The molecule has 16 heavy (non-hydrogen) atoms. The summed E-state index contributed by atoms with van der Waals surface area (Å²) in [6.45, 7) is 0.915. The van der Waals surface area contributed by atoms with Gasteiger partial charge in [0.2, 0.25) is 5.16 Å². The smallest absolute Gasteiger partial charge is 0.209 e. The van der Waals surface area contributed by atoms with Crippen molar-refractivity contribution in [3.05, 3.63) is 0 Å². The molecule has 2 fully saturated rings. The summed E-state index contributed by atoms with van der Waals surface area (Å²) >= 11 is 1.73. The molecule has 0 bridgehead atoms. The zero-order valence-corrected chi connectivity index (χ0v) is 10.0. The van der Waals surface area contributed by atoms with Gasteiger partial charge < -0.3 is 4.74 Å². The second-order valence-corrected chi connectivity index (χ2v) is 5.42. The van der Waals surface area contributed by atoms with E-state index < -0.39 is 0 Å². The van der Waals surface area contributed by atoms with Crippen molar-refractivity contribution in [2.45, 2.75) is 49.4 Å². The quantitative estimate of drug-likeness (QED) is 0.749. The molecule has 1 aliphatic carbocycles. The molecule has 0 amide bonds. The molecule has 1 atom stereocenters. The van der Waals surface area contributed by atoms with Gasteiger partial charge in [-0.15, -0.1) is 5.10 Å². The number of thioether (sulfide) groups is 1.